The summed E-state index contributed by atoms with van der Waals surface area (Å²) in [6.07, 6.45) is 1.13. The third kappa shape index (κ3) is 2.94. The Labute approximate surface area is 156 Å². The summed E-state index contributed by atoms with van der Waals surface area (Å²) in [5.41, 5.74) is 3.97. The van der Waals surface area contributed by atoms with Crippen LogP contribution in [0.3, 0.4) is 0 Å². The van der Waals surface area contributed by atoms with Gasteiger partial charge in [0, 0.05) is 17.7 Å². The molecule has 0 atom stereocenters. The summed E-state index contributed by atoms with van der Waals surface area (Å²) in [6.45, 7) is 4.05. The van der Waals surface area contributed by atoms with E-state index in [2.05, 4.69) is 4.98 Å². The number of sulfone groups is 1. The Hall–Kier alpha value is -2.93. The molecule has 0 spiro atoms. The molecule has 4 rings (SSSR count). The van der Waals surface area contributed by atoms with Crippen LogP contribution < -0.4 is 5.63 Å². The first-order valence-electron chi connectivity index (χ1n) is 8.44. The van der Waals surface area contributed by atoms with Crippen LogP contribution in [0.2, 0.25) is 0 Å². The smallest absolute Gasteiger partial charge is 0.336 e. The van der Waals surface area contributed by atoms with Gasteiger partial charge in [-0.05, 0) is 42.7 Å². The Balaban J connectivity index is 2.01. The van der Waals surface area contributed by atoms with Crippen LogP contribution in [0.15, 0.2) is 56.8 Å². The van der Waals surface area contributed by atoms with Gasteiger partial charge in [0.15, 0.2) is 0 Å². The molecule has 0 bridgehead atoms. The van der Waals surface area contributed by atoms with Crippen LogP contribution in [0.25, 0.3) is 22.0 Å². The first-order valence-corrected chi connectivity index (χ1v) is 10.3. The average Bonchev–Trinajstić information content (AvgIpc) is 2.98. The lowest BCUT2D eigenvalue weighted by Gasteiger charge is -2.12. The summed E-state index contributed by atoms with van der Waals surface area (Å²) < 4.78 is 31.6. The number of fused-ring (bicyclic) bond motifs is 2. The zero-order chi connectivity index (χ0) is 19.3. The molecule has 2 aromatic heterocycles. The van der Waals surface area contributed by atoms with Gasteiger partial charge < -0.3 is 8.98 Å². The lowest BCUT2D eigenvalue weighted by molar-refractivity contribution is 0.553. The molecule has 0 aliphatic heterocycles. The van der Waals surface area contributed by atoms with Crippen LogP contribution in [0, 0.1) is 13.8 Å². The number of aromatic nitrogens is 2. The maximum absolute atomic E-state index is 12.3. The highest BCUT2D eigenvalue weighted by Gasteiger charge is 2.20. The Bertz CT molecular complexity index is 1360. The maximum atomic E-state index is 12.3. The quantitative estimate of drug-likeness (QED) is 0.508. The van der Waals surface area contributed by atoms with Crippen LogP contribution >= 0.6 is 0 Å². The fourth-order valence-electron chi connectivity index (χ4n) is 3.31. The molecule has 0 unspecified atom stereocenters. The maximum Gasteiger partial charge on any atom is 0.336 e. The van der Waals surface area contributed by atoms with E-state index < -0.39 is 15.5 Å². The first kappa shape index (κ1) is 17.5. The summed E-state index contributed by atoms with van der Waals surface area (Å²) in [4.78, 5) is 16.4. The number of hydrogen-bond donors (Lipinski definition) is 0. The van der Waals surface area contributed by atoms with Crippen molar-refractivity contribution in [3.8, 4) is 0 Å². The number of para-hydroxylation sites is 2. The Morgan fingerprint density at radius 3 is 2.59 bits per heavy atom. The van der Waals surface area contributed by atoms with E-state index in [0.29, 0.717) is 22.2 Å². The minimum Gasteiger partial charge on any atom is -0.422 e. The van der Waals surface area contributed by atoms with Crippen molar-refractivity contribution in [2.24, 2.45) is 0 Å². The number of hydrogen-bond acceptors (Lipinski definition) is 5. The largest absolute Gasteiger partial charge is 0.422 e. The van der Waals surface area contributed by atoms with Gasteiger partial charge in [-0.15, -0.1) is 0 Å². The highest BCUT2D eigenvalue weighted by Crippen LogP contribution is 2.26. The molecule has 0 amide bonds. The van der Waals surface area contributed by atoms with Crippen molar-refractivity contribution in [3.63, 3.8) is 0 Å². The molecule has 0 radical (unpaired) electrons. The summed E-state index contributed by atoms with van der Waals surface area (Å²) >= 11 is 0. The summed E-state index contributed by atoms with van der Waals surface area (Å²) in [6, 6.07) is 12.5. The molecular formula is C20H18N2O4S. The van der Waals surface area contributed by atoms with E-state index in [4.69, 9.17) is 4.42 Å². The van der Waals surface area contributed by atoms with Crippen molar-refractivity contribution >= 4 is 31.8 Å². The summed E-state index contributed by atoms with van der Waals surface area (Å²) in [7, 11) is -3.54. The fraction of sp³-hybridized carbons (Fsp3) is 0.200. The average molecular weight is 382 g/mol. The van der Waals surface area contributed by atoms with Crippen LogP contribution in [0.1, 0.15) is 16.7 Å². The van der Waals surface area contributed by atoms with Crippen molar-refractivity contribution in [2.45, 2.75) is 25.5 Å². The van der Waals surface area contributed by atoms with E-state index in [9.17, 15) is 13.2 Å². The number of aryl methyl sites for hydroxylation is 2. The molecule has 0 saturated heterocycles. The second-order valence-electron chi connectivity index (χ2n) is 6.72. The van der Waals surface area contributed by atoms with Crippen molar-refractivity contribution in [1.82, 2.24) is 9.55 Å². The van der Waals surface area contributed by atoms with Crippen molar-refractivity contribution < 1.29 is 12.8 Å². The van der Waals surface area contributed by atoms with E-state index in [1.54, 1.807) is 10.6 Å². The molecule has 0 N–H and O–H groups in total. The monoisotopic (exact) mass is 382 g/mol. The third-order valence-corrected chi connectivity index (χ3v) is 5.77. The second-order valence-corrected chi connectivity index (χ2v) is 8.63. The molecule has 0 aliphatic carbocycles. The molecule has 4 aromatic rings. The molecule has 138 valence electrons. The molecule has 2 aromatic carbocycles. The molecule has 0 fully saturated rings. The highest BCUT2D eigenvalue weighted by molar-refractivity contribution is 7.90. The van der Waals surface area contributed by atoms with Gasteiger partial charge in [-0.3, -0.25) is 0 Å². The van der Waals surface area contributed by atoms with E-state index in [1.165, 1.54) is 6.07 Å². The van der Waals surface area contributed by atoms with Gasteiger partial charge in [0.2, 0.25) is 15.0 Å². The molecular weight excluding hydrogens is 364 g/mol. The first-order chi connectivity index (χ1) is 12.8. The van der Waals surface area contributed by atoms with E-state index >= 15 is 0 Å². The zero-order valence-electron chi connectivity index (χ0n) is 15.2. The minimum atomic E-state index is -3.54. The molecule has 27 heavy (non-hydrogen) atoms. The number of rotatable bonds is 3. The van der Waals surface area contributed by atoms with E-state index in [-0.39, 0.29) is 11.7 Å². The van der Waals surface area contributed by atoms with Gasteiger partial charge >= 0.3 is 5.63 Å². The van der Waals surface area contributed by atoms with E-state index in [1.807, 2.05) is 44.2 Å². The third-order valence-electron chi connectivity index (χ3n) is 4.80. The van der Waals surface area contributed by atoms with Crippen molar-refractivity contribution in [1.29, 1.82) is 0 Å². The van der Waals surface area contributed by atoms with Crippen LogP contribution in [-0.2, 0) is 16.4 Å². The normalized spacial score (nSPS) is 12.1. The Kier molecular flexibility index (Phi) is 3.92. The molecule has 6 nitrogen and oxygen atoms in total. The molecule has 2 heterocycles. The lowest BCUT2D eigenvalue weighted by Crippen LogP contribution is -2.12. The minimum absolute atomic E-state index is 0.0195. The topological polar surface area (TPSA) is 82.2 Å². The van der Waals surface area contributed by atoms with Gasteiger partial charge in [-0.25, -0.2) is 18.2 Å². The van der Waals surface area contributed by atoms with Crippen LogP contribution in [0.5, 0.6) is 0 Å². The molecule has 7 heteroatoms. The van der Waals surface area contributed by atoms with E-state index in [0.717, 1.165) is 22.8 Å². The fourth-order valence-corrected chi connectivity index (χ4v) is 4.14. The van der Waals surface area contributed by atoms with Gasteiger partial charge in [-0.2, -0.15) is 0 Å². The van der Waals surface area contributed by atoms with Crippen molar-refractivity contribution in [2.75, 3.05) is 6.26 Å². The Morgan fingerprint density at radius 2 is 1.85 bits per heavy atom. The van der Waals surface area contributed by atoms with Crippen LogP contribution in [-0.4, -0.2) is 24.2 Å². The van der Waals surface area contributed by atoms with Gasteiger partial charge in [0.05, 0.1) is 17.6 Å². The van der Waals surface area contributed by atoms with Gasteiger partial charge in [-0.1, -0.05) is 24.3 Å². The van der Waals surface area contributed by atoms with Crippen molar-refractivity contribution in [3.05, 3.63) is 69.6 Å². The standard InChI is InChI=1S/C20H18N2O4S/c1-12-8-9-15-14(10-18(23)26-19(15)13(12)2)11-22-17-7-5-4-6-16(17)21-20(22)27(3,24)25/h4-10H,11H2,1-3H3. The van der Waals surface area contributed by atoms with Gasteiger partial charge in [0.25, 0.3) is 0 Å². The van der Waals surface area contributed by atoms with Gasteiger partial charge in [0.1, 0.15) is 5.58 Å². The summed E-state index contributed by atoms with van der Waals surface area (Å²) in [5.74, 6) is 0. The lowest BCUT2D eigenvalue weighted by atomic mass is 10.0. The summed E-state index contributed by atoms with van der Waals surface area (Å²) in [5, 5.41) is 0.767. The van der Waals surface area contributed by atoms with Crippen LogP contribution in [0.4, 0.5) is 0 Å². The molecule has 0 aliphatic rings. The SMILES string of the molecule is Cc1ccc2c(Cn3c(S(C)(=O)=O)nc4ccccc43)cc(=O)oc2c1C. The Morgan fingerprint density at radius 1 is 1.11 bits per heavy atom. The second kappa shape index (κ2) is 6.06. The number of imidazole rings is 1. The predicted molar refractivity (Wildman–Crippen MR) is 104 cm³/mol. The number of benzene rings is 2. The zero-order valence-corrected chi connectivity index (χ0v) is 16.0. The molecule has 0 saturated carbocycles. The number of nitrogens with zero attached hydrogens (tertiary/aromatic N) is 2. The highest BCUT2D eigenvalue weighted by atomic mass is 32.2. The predicted octanol–water partition coefficient (Wildman–Crippen LogP) is 3.21.